The molecule has 5 rings (SSSR count). The minimum atomic E-state index is -0.0370. The quantitative estimate of drug-likeness (QED) is 0.849. The van der Waals surface area contributed by atoms with E-state index in [1.807, 2.05) is 16.5 Å². The second-order valence-corrected chi connectivity index (χ2v) is 8.35. The van der Waals surface area contributed by atoms with Crippen LogP contribution in [0, 0.1) is 0 Å². The molecule has 27 heavy (non-hydrogen) atoms. The number of hydrogen-bond acceptors (Lipinski definition) is 5. The number of amides is 1. The van der Waals surface area contributed by atoms with Crippen LogP contribution in [0.5, 0.6) is 0 Å². The lowest BCUT2D eigenvalue weighted by molar-refractivity contribution is -0.129. The third-order valence-corrected chi connectivity index (χ3v) is 6.72. The number of anilines is 1. The zero-order valence-corrected chi connectivity index (χ0v) is 16.1. The Kier molecular flexibility index (Phi) is 4.59. The van der Waals surface area contributed by atoms with Crippen LogP contribution in [0.3, 0.4) is 0 Å². The van der Waals surface area contributed by atoms with Gasteiger partial charge in [-0.3, -0.25) is 9.69 Å². The van der Waals surface area contributed by atoms with Crippen molar-refractivity contribution in [2.24, 2.45) is 0 Å². The second kappa shape index (κ2) is 7.22. The summed E-state index contributed by atoms with van der Waals surface area (Å²) >= 11 is 1.68. The highest BCUT2D eigenvalue weighted by atomic mass is 32.2. The average Bonchev–Trinajstić information content (AvgIpc) is 3.48. The summed E-state index contributed by atoms with van der Waals surface area (Å²) in [7, 11) is 0. The predicted octanol–water partition coefficient (Wildman–Crippen LogP) is 2.02. The average molecular weight is 384 g/mol. The number of H-pyrrole nitrogens is 1. The Morgan fingerprint density at radius 3 is 2.81 bits per heavy atom. The number of benzene rings is 1. The Bertz CT molecular complexity index is 857. The number of aromatic nitrogens is 1. The fourth-order valence-electron chi connectivity index (χ4n) is 4.45. The molecule has 1 amide bonds. The number of nitrogens with zero attached hydrogens (tertiary/aromatic N) is 3. The van der Waals surface area contributed by atoms with Crippen molar-refractivity contribution in [3.05, 3.63) is 42.1 Å². The van der Waals surface area contributed by atoms with Gasteiger partial charge in [0.1, 0.15) is 0 Å². The second-order valence-electron chi connectivity index (χ2n) is 7.48. The standard InChI is InChI=1S/C20H25N5OS/c26-20(25-9-10-27-14-25)18-11-15(12-21-18)23-5-7-24(8-6-23)19-13-22-17-4-2-1-3-16(17)19/h1-4,9-10,13,15,18,21-22H,5-8,11-12,14H2/t15-,18-/m0/s1. The van der Waals surface area contributed by atoms with E-state index in [9.17, 15) is 4.79 Å². The molecule has 1 aromatic carbocycles. The summed E-state index contributed by atoms with van der Waals surface area (Å²) in [6.07, 6.45) is 4.95. The van der Waals surface area contributed by atoms with Gasteiger partial charge in [-0.25, -0.2) is 0 Å². The van der Waals surface area contributed by atoms with Crippen molar-refractivity contribution in [2.45, 2.75) is 18.5 Å². The van der Waals surface area contributed by atoms with E-state index in [0.29, 0.717) is 6.04 Å². The van der Waals surface area contributed by atoms with Gasteiger partial charge < -0.3 is 20.1 Å². The van der Waals surface area contributed by atoms with Gasteiger partial charge in [-0.05, 0) is 17.9 Å². The van der Waals surface area contributed by atoms with Crippen molar-refractivity contribution in [3.63, 3.8) is 0 Å². The molecule has 3 aliphatic heterocycles. The van der Waals surface area contributed by atoms with Crippen LogP contribution in [0.2, 0.25) is 0 Å². The Morgan fingerprint density at radius 2 is 2.00 bits per heavy atom. The van der Waals surface area contributed by atoms with Crippen molar-refractivity contribution in [2.75, 3.05) is 43.5 Å². The number of carbonyl (C=O) groups is 1. The molecule has 2 fully saturated rings. The maximum Gasteiger partial charge on any atom is 0.244 e. The first-order valence-electron chi connectivity index (χ1n) is 9.67. The van der Waals surface area contributed by atoms with Crippen LogP contribution < -0.4 is 10.2 Å². The van der Waals surface area contributed by atoms with Gasteiger partial charge in [0, 0.05) is 62.1 Å². The Hall–Kier alpha value is -1.96. The van der Waals surface area contributed by atoms with Gasteiger partial charge in [-0.2, -0.15) is 0 Å². The molecule has 0 spiro atoms. The summed E-state index contributed by atoms with van der Waals surface area (Å²) in [6, 6.07) is 8.92. The van der Waals surface area contributed by atoms with Crippen LogP contribution in [-0.4, -0.2) is 71.4 Å². The molecular weight excluding hydrogens is 358 g/mol. The number of nitrogens with one attached hydrogen (secondary N) is 2. The molecule has 0 radical (unpaired) electrons. The maximum atomic E-state index is 12.6. The lowest BCUT2D eigenvalue weighted by atomic mass is 10.1. The topological polar surface area (TPSA) is 54.6 Å². The largest absolute Gasteiger partial charge is 0.367 e. The number of piperazine rings is 1. The minimum Gasteiger partial charge on any atom is -0.367 e. The van der Waals surface area contributed by atoms with Crippen LogP contribution in [0.15, 0.2) is 42.1 Å². The summed E-state index contributed by atoms with van der Waals surface area (Å²) in [4.78, 5) is 22.8. The molecule has 142 valence electrons. The summed E-state index contributed by atoms with van der Waals surface area (Å²) in [5, 5.41) is 6.74. The molecule has 4 heterocycles. The number of thioether (sulfide) groups is 1. The monoisotopic (exact) mass is 383 g/mol. The van der Waals surface area contributed by atoms with E-state index >= 15 is 0 Å². The molecular formula is C20H25N5OS. The zero-order valence-electron chi connectivity index (χ0n) is 15.3. The van der Waals surface area contributed by atoms with Crippen LogP contribution in [-0.2, 0) is 4.79 Å². The molecule has 7 heteroatoms. The Labute approximate surface area is 163 Å². The van der Waals surface area contributed by atoms with E-state index in [-0.39, 0.29) is 11.9 Å². The summed E-state index contributed by atoms with van der Waals surface area (Å²) in [5.41, 5.74) is 2.51. The molecule has 0 aliphatic carbocycles. The van der Waals surface area contributed by atoms with E-state index < -0.39 is 0 Å². The molecule has 3 aliphatic rings. The SMILES string of the molecule is O=C([C@@H]1C[C@H](N2CCN(c3c[nH]c4ccccc34)CC2)CN1)N1C=CSC1. The molecule has 6 nitrogen and oxygen atoms in total. The van der Waals surface area contributed by atoms with E-state index in [0.717, 1.165) is 45.0 Å². The van der Waals surface area contributed by atoms with Gasteiger partial charge in [-0.15, -0.1) is 11.8 Å². The van der Waals surface area contributed by atoms with Crippen molar-refractivity contribution >= 4 is 34.3 Å². The van der Waals surface area contributed by atoms with E-state index in [2.05, 4.69) is 50.6 Å². The van der Waals surface area contributed by atoms with Gasteiger partial charge in [0.2, 0.25) is 5.91 Å². The molecule has 2 saturated heterocycles. The summed E-state index contributed by atoms with van der Waals surface area (Å²) in [6.45, 7) is 5.07. The number of hydrogen-bond donors (Lipinski definition) is 2. The Balaban J connectivity index is 1.19. The zero-order chi connectivity index (χ0) is 18.2. The summed E-state index contributed by atoms with van der Waals surface area (Å²) in [5.74, 6) is 0.974. The van der Waals surface area contributed by atoms with Crippen molar-refractivity contribution in [1.29, 1.82) is 0 Å². The fraction of sp³-hybridized carbons (Fsp3) is 0.450. The molecule has 2 atom stereocenters. The van der Waals surface area contributed by atoms with Gasteiger partial charge in [-0.1, -0.05) is 18.2 Å². The first-order valence-corrected chi connectivity index (χ1v) is 10.7. The molecule has 1 aromatic heterocycles. The first-order chi connectivity index (χ1) is 13.3. The van der Waals surface area contributed by atoms with Crippen LogP contribution >= 0.6 is 11.8 Å². The maximum absolute atomic E-state index is 12.6. The van der Waals surface area contributed by atoms with Gasteiger partial charge in [0.15, 0.2) is 0 Å². The molecule has 2 aromatic rings. The van der Waals surface area contributed by atoms with E-state index in [1.54, 1.807) is 11.8 Å². The van der Waals surface area contributed by atoms with Gasteiger partial charge in [0.05, 0.1) is 17.6 Å². The van der Waals surface area contributed by atoms with Crippen LogP contribution in [0.1, 0.15) is 6.42 Å². The Morgan fingerprint density at radius 1 is 1.15 bits per heavy atom. The predicted molar refractivity (Wildman–Crippen MR) is 111 cm³/mol. The normalized spacial score (nSPS) is 26.4. The molecule has 0 unspecified atom stereocenters. The van der Waals surface area contributed by atoms with Crippen molar-refractivity contribution in [3.8, 4) is 0 Å². The van der Waals surface area contributed by atoms with Gasteiger partial charge in [0.25, 0.3) is 0 Å². The number of rotatable bonds is 3. The highest BCUT2D eigenvalue weighted by molar-refractivity contribution is 8.02. The number of para-hydroxylation sites is 1. The minimum absolute atomic E-state index is 0.0370. The molecule has 0 saturated carbocycles. The van der Waals surface area contributed by atoms with Crippen molar-refractivity contribution < 1.29 is 4.79 Å². The number of aromatic amines is 1. The highest BCUT2D eigenvalue weighted by Crippen LogP contribution is 2.28. The van der Waals surface area contributed by atoms with Crippen LogP contribution in [0.25, 0.3) is 10.9 Å². The molecule has 2 N–H and O–H groups in total. The third-order valence-electron chi connectivity index (χ3n) is 5.98. The first kappa shape index (κ1) is 17.2. The van der Waals surface area contributed by atoms with Crippen LogP contribution in [0.4, 0.5) is 5.69 Å². The lowest BCUT2D eigenvalue weighted by Gasteiger charge is -2.38. The number of carbonyl (C=O) groups excluding carboxylic acids is 1. The summed E-state index contributed by atoms with van der Waals surface area (Å²) < 4.78 is 0. The van der Waals surface area contributed by atoms with Crippen molar-refractivity contribution in [1.82, 2.24) is 20.1 Å². The van der Waals surface area contributed by atoms with E-state index in [4.69, 9.17) is 0 Å². The number of fused-ring (bicyclic) bond motifs is 1. The fourth-order valence-corrected chi connectivity index (χ4v) is 5.14. The highest BCUT2D eigenvalue weighted by Gasteiger charge is 2.36. The third kappa shape index (κ3) is 3.24. The lowest BCUT2D eigenvalue weighted by Crippen LogP contribution is -2.51. The van der Waals surface area contributed by atoms with Gasteiger partial charge >= 0.3 is 0 Å². The smallest absolute Gasteiger partial charge is 0.244 e. The molecule has 0 bridgehead atoms. The van der Waals surface area contributed by atoms with E-state index in [1.165, 1.54) is 16.6 Å².